The van der Waals surface area contributed by atoms with Gasteiger partial charge in [-0.2, -0.15) is 0 Å². The number of pyridine rings is 2. The number of aryl methyl sites for hydroxylation is 1. The summed E-state index contributed by atoms with van der Waals surface area (Å²) >= 11 is 7.12. The number of alkyl halides is 1. The molecule has 3 heterocycles. The van der Waals surface area contributed by atoms with Crippen molar-refractivity contribution < 1.29 is 18.7 Å². The monoisotopic (exact) mass is 449 g/mol. The van der Waals surface area contributed by atoms with Crippen molar-refractivity contribution in [2.45, 2.75) is 19.5 Å². The van der Waals surface area contributed by atoms with E-state index in [4.69, 9.17) is 21.1 Å². The molecule has 1 N–H and O–H groups in total. The fraction of sp³-hybridized carbons (Fsp3) is 0.316. The van der Waals surface area contributed by atoms with Gasteiger partial charge in [0.05, 0.1) is 25.5 Å². The van der Waals surface area contributed by atoms with Gasteiger partial charge in [-0.25, -0.2) is 9.37 Å². The van der Waals surface area contributed by atoms with E-state index >= 15 is 0 Å². The molecule has 3 aromatic heterocycles. The Morgan fingerprint density at radius 2 is 2.10 bits per heavy atom. The summed E-state index contributed by atoms with van der Waals surface area (Å²) in [6.45, 7) is 2.06. The van der Waals surface area contributed by atoms with Crippen LogP contribution in [-0.2, 0) is 0 Å². The van der Waals surface area contributed by atoms with E-state index in [-0.39, 0.29) is 28.0 Å². The average Bonchev–Trinajstić information content (AvgIpc) is 3.25. The van der Waals surface area contributed by atoms with E-state index in [1.165, 1.54) is 19.5 Å². The summed E-state index contributed by atoms with van der Waals surface area (Å²) in [6, 6.07) is 3.39. The molecule has 0 aliphatic heterocycles. The first-order valence-electron chi connectivity index (χ1n) is 9.03. The third-order valence-corrected chi connectivity index (χ3v) is 5.47. The highest BCUT2D eigenvalue weighted by molar-refractivity contribution is 7.17. The Labute approximate surface area is 180 Å². The van der Waals surface area contributed by atoms with Crippen LogP contribution in [0.4, 0.5) is 9.52 Å². The Hall–Kier alpha value is -2.85. The van der Waals surface area contributed by atoms with Crippen LogP contribution < -0.4 is 14.8 Å². The lowest BCUT2D eigenvalue weighted by Gasteiger charge is -2.13. The topological polar surface area (TPSA) is 99.1 Å². The maximum atomic E-state index is 12.9. The lowest BCUT2D eigenvalue weighted by atomic mass is 10.0. The van der Waals surface area contributed by atoms with Crippen molar-refractivity contribution in [3.05, 3.63) is 40.9 Å². The fourth-order valence-electron chi connectivity index (χ4n) is 2.80. The molecule has 1 aliphatic carbocycles. The number of amides is 1. The molecule has 11 heteroatoms. The summed E-state index contributed by atoms with van der Waals surface area (Å²) < 4.78 is 23.7. The summed E-state index contributed by atoms with van der Waals surface area (Å²) in [5.74, 6) is -0.0478. The lowest BCUT2D eigenvalue weighted by molar-refractivity contribution is 0.102. The van der Waals surface area contributed by atoms with Crippen molar-refractivity contribution >= 4 is 34.0 Å². The molecule has 1 fully saturated rings. The zero-order chi connectivity index (χ0) is 21.3. The van der Waals surface area contributed by atoms with Gasteiger partial charge in [0.2, 0.25) is 5.13 Å². The summed E-state index contributed by atoms with van der Waals surface area (Å²) in [5, 5.41) is 11.3. The van der Waals surface area contributed by atoms with E-state index in [0.717, 1.165) is 17.0 Å². The SMILES string of the molecule is COc1cnc(Cl)cc1-c1cc(C)ncc1C(=O)Nc1nnc(OC[C@@H]2C[C@H]2F)s1. The smallest absolute Gasteiger partial charge is 0.295 e. The fourth-order valence-corrected chi connectivity index (χ4v) is 3.56. The normalized spacial score (nSPS) is 17.5. The highest BCUT2D eigenvalue weighted by Gasteiger charge is 2.38. The highest BCUT2D eigenvalue weighted by atomic mass is 35.5. The predicted molar refractivity (Wildman–Crippen MR) is 110 cm³/mol. The van der Waals surface area contributed by atoms with Crippen molar-refractivity contribution in [1.29, 1.82) is 0 Å². The molecule has 8 nitrogen and oxygen atoms in total. The van der Waals surface area contributed by atoms with Crippen LogP contribution in [0, 0.1) is 12.8 Å². The third kappa shape index (κ3) is 4.49. The van der Waals surface area contributed by atoms with E-state index in [0.29, 0.717) is 28.9 Å². The summed E-state index contributed by atoms with van der Waals surface area (Å²) in [7, 11) is 1.51. The van der Waals surface area contributed by atoms with E-state index in [1.807, 2.05) is 6.92 Å². The number of ether oxygens (including phenoxy) is 2. The minimum absolute atomic E-state index is 0.0877. The van der Waals surface area contributed by atoms with Gasteiger partial charge in [0.1, 0.15) is 17.1 Å². The maximum Gasteiger partial charge on any atom is 0.295 e. The van der Waals surface area contributed by atoms with Crippen LogP contribution in [0.1, 0.15) is 22.5 Å². The van der Waals surface area contributed by atoms with Crippen LogP contribution in [-0.4, -0.2) is 46.0 Å². The molecule has 0 aromatic carbocycles. The lowest BCUT2D eigenvalue weighted by Crippen LogP contribution is -2.14. The molecule has 3 aromatic rings. The minimum atomic E-state index is -0.803. The molecule has 30 heavy (non-hydrogen) atoms. The molecule has 0 unspecified atom stereocenters. The number of anilines is 1. The van der Waals surface area contributed by atoms with Gasteiger partial charge in [-0.1, -0.05) is 16.7 Å². The summed E-state index contributed by atoms with van der Waals surface area (Å²) in [6.07, 6.45) is 2.67. The van der Waals surface area contributed by atoms with Crippen LogP contribution in [0.3, 0.4) is 0 Å². The third-order valence-electron chi connectivity index (χ3n) is 4.51. The molecule has 4 rings (SSSR count). The minimum Gasteiger partial charge on any atom is -0.494 e. The Bertz CT molecular complexity index is 1100. The number of hydrogen-bond donors (Lipinski definition) is 1. The van der Waals surface area contributed by atoms with Crippen LogP contribution in [0.2, 0.25) is 5.15 Å². The van der Waals surface area contributed by atoms with Gasteiger partial charge in [-0.05, 0) is 36.8 Å². The van der Waals surface area contributed by atoms with Gasteiger partial charge in [0.25, 0.3) is 11.1 Å². The number of carbonyl (C=O) groups excluding carboxylic acids is 1. The first-order chi connectivity index (χ1) is 14.4. The van der Waals surface area contributed by atoms with Gasteiger partial charge < -0.3 is 9.47 Å². The molecule has 0 radical (unpaired) electrons. The Morgan fingerprint density at radius 1 is 1.30 bits per heavy atom. The summed E-state index contributed by atoms with van der Waals surface area (Å²) in [5.41, 5.74) is 2.22. The molecule has 0 spiro atoms. The van der Waals surface area contributed by atoms with Crippen molar-refractivity contribution in [2.24, 2.45) is 5.92 Å². The quantitative estimate of drug-likeness (QED) is 0.545. The van der Waals surface area contributed by atoms with E-state index in [1.54, 1.807) is 12.1 Å². The standard InChI is InChI=1S/C19H17ClFN5O3S/c1-9-3-11(12-5-16(20)23-7-15(12)28-2)13(6-22-9)17(27)24-18-25-26-19(30-18)29-8-10-4-14(10)21/h3,5-7,10,14H,4,8H2,1-2H3,(H,24,25,27)/t10-,14+/m0/s1. The van der Waals surface area contributed by atoms with Crippen LogP contribution >= 0.6 is 22.9 Å². The van der Waals surface area contributed by atoms with Gasteiger partial charge in [-0.15, -0.1) is 5.10 Å². The Morgan fingerprint density at radius 3 is 2.83 bits per heavy atom. The molecule has 0 saturated heterocycles. The molecule has 1 aliphatic rings. The Kier molecular flexibility index (Phi) is 5.78. The number of methoxy groups -OCH3 is 1. The van der Waals surface area contributed by atoms with Gasteiger partial charge >= 0.3 is 0 Å². The highest BCUT2D eigenvalue weighted by Crippen LogP contribution is 2.36. The van der Waals surface area contributed by atoms with Crippen molar-refractivity contribution in [3.63, 3.8) is 0 Å². The van der Waals surface area contributed by atoms with E-state index in [9.17, 15) is 9.18 Å². The second kappa shape index (κ2) is 8.49. The number of nitrogens with one attached hydrogen (secondary N) is 1. The second-order valence-electron chi connectivity index (χ2n) is 6.73. The van der Waals surface area contributed by atoms with Gasteiger partial charge in [0, 0.05) is 28.9 Å². The maximum absolute atomic E-state index is 12.9. The van der Waals surface area contributed by atoms with Crippen LogP contribution in [0.25, 0.3) is 11.1 Å². The van der Waals surface area contributed by atoms with E-state index in [2.05, 4.69) is 25.5 Å². The second-order valence-corrected chi connectivity index (χ2v) is 8.06. The first kappa shape index (κ1) is 20.4. The molecule has 1 amide bonds. The molecule has 156 valence electrons. The number of aromatic nitrogens is 4. The van der Waals surface area contributed by atoms with E-state index < -0.39 is 12.1 Å². The number of halogens is 2. The van der Waals surface area contributed by atoms with Crippen LogP contribution in [0.15, 0.2) is 24.5 Å². The molecule has 2 atom stereocenters. The Balaban J connectivity index is 1.56. The number of carbonyl (C=O) groups is 1. The van der Waals surface area contributed by atoms with Crippen LogP contribution in [0.5, 0.6) is 10.9 Å². The number of rotatable bonds is 7. The van der Waals surface area contributed by atoms with Gasteiger partial charge in [0.15, 0.2) is 0 Å². The zero-order valence-electron chi connectivity index (χ0n) is 16.1. The predicted octanol–water partition coefficient (Wildman–Crippen LogP) is 3.95. The van der Waals surface area contributed by atoms with Crippen molar-refractivity contribution in [2.75, 3.05) is 19.0 Å². The number of hydrogen-bond acceptors (Lipinski definition) is 8. The van der Waals surface area contributed by atoms with Gasteiger partial charge in [-0.3, -0.25) is 15.1 Å². The first-order valence-corrected chi connectivity index (χ1v) is 10.2. The average molecular weight is 450 g/mol. The molecular weight excluding hydrogens is 433 g/mol. The molecular formula is C19H17ClFN5O3S. The van der Waals surface area contributed by atoms with Crippen molar-refractivity contribution in [3.8, 4) is 22.1 Å². The summed E-state index contributed by atoms with van der Waals surface area (Å²) in [4.78, 5) is 21.2. The molecule has 1 saturated carbocycles. The number of nitrogens with zero attached hydrogens (tertiary/aromatic N) is 4. The van der Waals surface area contributed by atoms with Crippen molar-refractivity contribution in [1.82, 2.24) is 20.2 Å². The molecule has 0 bridgehead atoms. The zero-order valence-corrected chi connectivity index (χ0v) is 17.6. The largest absolute Gasteiger partial charge is 0.494 e.